The summed E-state index contributed by atoms with van der Waals surface area (Å²) in [7, 11) is 1.21. The SMILES string of the molecule is [CH2]C(CC(=O)OC)C(=O)O. The van der Waals surface area contributed by atoms with Gasteiger partial charge in [0.05, 0.1) is 19.4 Å². The second kappa shape index (κ2) is 3.87. The normalized spacial score (nSPS) is 12.2. The van der Waals surface area contributed by atoms with Gasteiger partial charge >= 0.3 is 11.9 Å². The first-order valence-electron chi connectivity index (χ1n) is 2.70. The average Bonchev–Trinajstić information content (AvgIpc) is 1.87. The standard InChI is InChI=1S/C6H9O4/c1-4(6(8)9)3-5(7)10-2/h4H,1,3H2,2H3,(H,8,9). The van der Waals surface area contributed by atoms with Crippen molar-refractivity contribution in [2.24, 2.45) is 5.92 Å². The molecule has 0 bridgehead atoms. The van der Waals surface area contributed by atoms with Crippen LogP contribution in [0.1, 0.15) is 6.42 Å². The van der Waals surface area contributed by atoms with Crippen LogP contribution in [0.5, 0.6) is 0 Å². The number of esters is 1. The lowest BCUT2D eigenvalue weighted by atomic mass is 10.1. The molecule has 0 aliphatic rings. The minimum Gasteiger partial charge on any atom is -0.481 e. The number of carboxylic acid groups (broad SMARTS) is 1. The number of methoxy groups -OCH3 is 1. The van der Waals surface area contributed by atoms with E-state index in [4.69, 9.17) is 5.11 Å². The molecule has 0 rings (SSSR count). The van der Waals surface area contributed by atoms with Crippen molar-refractivity contribution in [3.8, 4) is 0 Å². The van der Waals surface area contributed by atoms with E-state index in [1.165, 1.54) is 7.11 Å². The van der Waals surface area contributed by atoms with E-state index in [1.54, 1.807) is 0 Å². The van der Waals surface area contributed by atoms with Crippen molar-refractivity contribution in [3.63, 3.8) is 0 Å². The highest BCUT2D eigenvalue weighted by Crippen LogP contribution is 2.01. The van der Waals surface area contributed by atoms with Gasteiger partial charge in [-0.2, -0.15) is 0 Å². The number of carbonyl (C=O) groups is 2. The van der Waals surface area contributed by atoms with Crippen molar-refractivity contribution in [2.75, 3.05) is 7.11 Å². The zero-order valence-corrected chi connectivity index (χ0v) is 5.66. The maximum atomic E-state index is 10.4. The summed E-state index contributed by atoms with van der Waals surface area (Å²) in [5.74, 6) is -2.56. The van der Waals surface area contributed by atoms with E-state index in [9.17, 15) is 9.59 Å². The molecule has 4 heteroatoms. The predicted octanol–water partition coefficient (Wildman–Crippen LogP) is 0.0844. The van der Waals surface area contributed by atoms with Crippen LogP contribution in [0, 0.1) is 12.8 Å². The molecule has 0 aliphatic carbocycles. The van der Waals surface area contributed by atoms with Crippen molar-refractivity contribution in [1.82, 2.24) is 0 Å². The molecule has 0 amide bonds. The molecule has 0 aromatic heterocycles. The molecule has 1 atom stereocenters. The summed E-state index contributed by atoms with van der Waals surface area (Å²) in [4.78, 5) is 20.5. The fourth-order valence-corrected chi connectivity index (χ4v) is 0.372. The van der Waals surface area contributed by atoms with Crippen LogP contribution in [-0.2, 0) is 14.3 Å². The van der Waals surface area contributed by atoms with Crippen LogP contribution in [0.15, 0.2) is 0 Å². The average molecular weight is 145 g/mol. The van der Waals surface area contributed by atoms with E-state index in [1.807, 2.05) is 0 Å². The van der Waals surface area contributed by atoms with Gasteiger partial charge in [0.1, 0.15) is 0 Å². The number of carboxylic acids is 1. The molecular formula is C6H9O4. The monoisotopic (exact) mass is 145 g/mol. The van der Waals surface area contributed by atoms with Crippen molar-refractivity contribution < 1.29 is 19.4 Å². The summed E-state index contributed by atoms with van der Waals surface area (Å²) in [6, 6.07) is 0. The minimum absolute atomic E-state index is 0.175. The Balaban J connectivity index is 3.68. The zero-order chi connectivity index (χ0) is 8.15. The Morgan fingerprint density at radius 1 is 1.70 bits per heavy atom. The third-order valence-corrected chi connectivity index (χ3v) is 0.990. The highest BCUT2D eigenvalue weighted by atomic mass is 16.5. The van der Waals surface area contributed by atoms with Gasteiger partial charge in [-0.15, -0.1) is 0 Å². The topological polar surface area (TPSA) is 63.6 Å². The van der Waals surface area contributed by atoms with Crippen molar-refractivity contribution in [2.45, 2.75) is 6.42 Å². The summed E-state index contributed by atoms with van der Waals surface area (Å²) < 4.78 is 4.23. The molecule has 0 fully saturated rings. The van der Waals surface area contributed by atoms with Gasteiger partial charge in [0.15, 0.2) is 0 Å². The Kier molecular flexibility index (Phi) is 3.46. The van der Waals surface area contributed by atoms with E-state index in [2.05, 4.69) is 11.7 Å². The van der Waals surface area contributed by atoms with Gasteiger partial charge < -0.3 is 9.84 Å². The van der Waals surface area contributed by atoms with E-state index in [0.717, 1.165) is 0 Å². The third kappa shape index (κ3) is 3.06. The van der Waals surface area contributed by atoms with Crippen LogP contribution in [0.2, 0.25) is 0 Å². The summed E-state index contributed by atoms with van der Waals surface area (Å²) in [6.45, 7) is 3.23. The van der Waals surface area contributed by atoms with Crippen LogP contribution in [-0.4, -0.2) is 24.2 Å². The molecule has 0 aliphatic heterocycles. The van der Waals surface area contributed by atoms with Gasteiger partial charge in [0.25, 0.3) is 0 Å². The Labute approximate surface area is 58.8 Å². The van der Waals surface area contributed by atoms with E-state index in [0.29, 0.717) is 0 Å². The Morgan fingerprint density at radius 2 is 2.20 bits per heavy atom. The summed E-state index contributed by atoms with van der Waals surface area (Å²) in [5.41, 5.74) is 0. The van der Waals surface area contributed by atoms with Gasteiger partial charge in [0.2, 0.25) is 0 Å². The lowest BCUT2D eigenvalue weighted by molar-refractivity contribution is -0.148. The van der Waals surface area contributed by atoms with E-state index < -0.39 is 17.9 Å². The fraction of sp³-hybridized carbons (Fsp3) is 0.500. The number of hydrogen-bond acceptors (Lipinski definition) is 3. The quantitative estimate of drug-likeness (QED) is 0.571. The lowest BCUT2D eigenvalue weighted by Crippen LogP contribution is -2.15. The molecule has 0 heterocycles. The van der Waals surface area contributed by atoms with Gasteiger partial charge in [-0.1, -0.05) is 0 Å². The highest BCUT2D eigenvalue weighted by molar-refractivity contribution is 5.79. The molecule has 4 nitrogen and oxygen atoms in total. The highest BCUT2D eigenvalue weighted by Gasteiger charge is 2.15. The maximum absolute atomic E-state index is 10.4. The fourth-order valence-electron chi connectivity index (χ4n) is 0.372. The summed E-state index contributed by atoms with van der Waals surface area (Å²) >= 11 is 0. The van der Waals surface area contributed by atoms with Crippen LogP contribution in [0.4, 0.5) is 0 Å². The van der Waals surface area contributed by atoms with Crippen LogP contribution < -0.4 is 0 Å². The summed E-state index contributed by atoms with van der Waals surface area (Å²) in [6.07, 6.45) is -0.175. The number of hydrogen-bond donors (Lipinski definition) is 1. The molecule has 0 saturated carbocycles. The molecule has 57 valence electrons. The molecule has 1 radical (unpaired) electrons. The van der Waals surface area contributed by atoms with E-state index >= 15 is 0 Å². The van der Waals surface area contributed by atoms with Crippen molar-refractivity contribution in [1.29, 1.82) is 0 Å². The minimum atomic E-state index is -1.09. The first-order chi connectivity index (χ1) is 4.57. The van der Waals surface area contributed by atoms with Gasteiger partial charge in [0, 0.05) is 0 Å². The molecule has 1 unspecified atom stereocenters. The molecular weight excluding hydrogens is 136 g/mol. The number of rotatable bonds is 3. The van der Waals surface area contributed by atoms with Crippen LogP contribution in [0.3, 0.4) is 0 Å². The Hall–Kier alpha value is -1.06. The Bertz CT molecular complexity index is 141. The van der Waals surface area contributed by atoms with Gasteiger partial charge in [-0.05, 0) is 6.92 Å². The molecule has 1 N–H and O–H groups in total. The zero-order valence-electron chi connectivity index (χ0n) is 5.66. The lowest BCUT2D eigenvalue weighted by Gasteiger charge is -2.01. The molecule has 0 aromatic rings. The predicted molar refractivity (Wildman–Crippen MR) is 33.1 cm³/mol. The number of carbonyl (C=O) groups excluding carboxylic acids is 1. The number of aliphatic carboxylic acids is 1. The summed E-state index contributed by atoms with van der Waals surface area (Å²) in [5, 5.41) is 8.26. The van der Waals surface area contributed by atoms with Gasteiger partial charge in [-0.25, -0.2) is 0 Å². The van der Waals surface area contributed by atoms with Gasteiger partial charge in [-0.3, -0.25) is 9.59 Å². The Morgan fingerprint density at radius 3 is 2.50 bits per heavy atom. The second-order valence-electron chi connectivity index (χ2n) is 1.82. The third-order valence-electron chi connectivity index (χ3n) is 0.990. The second-order valence-corrected chi connectivity index (χ2v) is 1.82. The van der Waals surface area contributed by atoms with Crippen LogP contribution >= 0.6 is 0 Å². The molecule has 0 spiro atoms. The molecule has 0 aromatic carbocycles. The maximum Gasteiger partial charge on any atom is 0.307 e. The van der Waals surface area contributed by atoms with E-state index in [-0.39, 0.29) is 6.42 Å². The smallest absolute Gasteiger partial charge is 0.307 e. The molecule has 0 saturated heterocycles. The first-order valence-corrected chi connectivity index (χ1v) is 2.70. The number of ether oxygens (including phenoxy) is 1. The van der Waals surface area contributed by atoms with Crippen molar-refractivity contribution in [3.05, 3.63) is 6.92 Å². The first kappa shape index (κ1) is 8.94. The largest absolute Gasteiger partial charge is 0.481 e. The molecule has 10 heavy (non-hydrogen) atoms. The van der Waals surface area contributed by atoms with Crippen molar-refractivity contribution >= 4 is 11.9 Å². The van der Waals surface area contributed by atoms with Crippen LogP contribution in [0.25, 0.3) is 0 Å².